The molecule has 0 aliphatic rings. The molecule has 1 aromatic heterocycles. The molecule has 0 atom stereocenters. The quantitative estimate of drug-likeness (QED) is 0.865. The summed E-state index contributed by atoms with van der Waals surface area (Å²) in [4.78, 5) is 26.1. The van der Waals surface area contributed by atoms with E-state index in [0.717, 1.165) is 0 Å². The van der Waals surface area contributed by atoms with Gasteiger partial charge in [0.05, 0.1) is 29.8 Å². The summed E-state index contributed by atoms with van der Waals surface area (Å²) in [6.45, 7) is 6.15. The molecule has 0 radical (unpaired) electrons. The van der Waals surface area contributed by atoms with Crippen LogP contribution in [0, 0.1) is 0 Å². The number of carboxylic acid groups (broad SMARTS) is 1. The Morgan fingerprint density at radius 3 is 2.53 bits per heavy atom. The number of pyridine rings is 1. The Morgan fingerprint density at radius 1 is 1.37 bits per heavy atom. The Balaban J connectivity index is 2.49. The van der Waals surface area contributed by atoms with Crippen LogP contribution in [-0.4, -0.2) is 32.5 Å². The van der Waals surface area contributed by atoms with E-state index in [9.17, 15) is 9.59 Å². The molecule has 0 saturated heterocycles. The number of rotatable bonds is 5. The molecule has 6 heteroatoms. The first-order chi connectivity index (χ1) is 8.76. The number of thioether (sulfide) groups is 1. The van der Waals surface area contributed by atoms with Crippen LogP contribution in [0.15, 0.2) is 18.3 Å². The number of hydrogen-bond donors (Lipinski definition) is 2. The van der Waals surface area contributed by atoms with Gasteiger partial charge >= 0.3 is 5.97 Å². The number of hydrogen-bond acceptors (Lipinski definition) is 4. The highest BCUT2D eigenvalue weighted by atomic mass is 32.2. The van der Waals surface area contributed by atoms with Crippen molar-refractivity contribution < 1.29 is 14.7 Å². The minimum absolute atomic E-state index is 0.0426. The molecule has 0 aromatic carbocycles. The fourth-order valence-corrected chi connectivity index (χ4v) is 1.87. The molecule has 5 nitrogen and oxygen atoms in total. The van der Waals surface area contributed by atoms with E-state index in [1.165, 1.54) is 6.20 Å². The summed E-state index contributed by atoms with van der Waals surface area (Å²) in [5, 5.41) is 11.3. The molecule has 0 unspecified atom stereocenters. The third-order valence-corrected chi connectivity index (χ3v) is 3.35. The first-order valence-electron chi connectivity index (χ1n) is 5.87. The van der Waals surface area contributed by atoms with Crippen LogP contribution in [0.5, 0.6) is 0 Å². The molecular formula is C13H18N2O3S. The SMILES string of the molecule is CC(C)(C)SCC(=O)Nc1ccc(CC(=O)O)nc1. The largest absolute Gasteiger partial charge is 0.481 e. The van der Waals surface area contributed by atoms with Crippen LogP contribution in [0.3, 0.4) is 0 Å². The minimum Gasteiger partial charge on any atom is -0.481 e. The third kappa shape index (κ3) is 6.81. The standard InChI is InChI=1S/C13H18N2O3S/c1-13(2,3)19-8-11(16)15-10-5-4-9(14-7-10)6-12(17)18/h4-5,7H,6,8H2,1-3H3,(H,15,16)(H,17,18). The van der Waals surface area contributed by atoms with E-state index in [-0.39, 0.29) is 17.1 Å². The molecular weight excluding hydrogens is 264 g/mol. The highest BCUT2D eigenvalue weighted by Crippen LogP contribution is 2.22. The van der Waals surface area contributed by atoms with E-state index in [4.69, 9.17) is 5.11 Å². The van der Waals surface area contributed by atoms with Crippen molar-refractivity contribution in [1.29, 1.82) is 0 Å². The zero-order valence-corrected chi connectivity index (χ0v) is 12.1. The maximum atomic E-state index is 11.7. The van der Waals surface area contributed by atoms with Gasteiger partial charge in [-0.15, -0.1) is 11.8 Å². The average Bonchev–Trinajstić information content (AvgIpc) is 2.28. The van der Waals surface area contributed by atoms with Gasteiger partial charge in [0.15, 0.2) is 0 Å². The summed E-state index contributed by atoms with van der Waals surface area (Å²) in [7, 11) is 0. The van der Waals surface area contributed by atoms with Gasteiger partial charge in [0, 0.05) is 4.75 Å². The van der Waals surface area contributed by atoms with Gasteiger partial charge in [-0.1, -0.05) is 20.8 Å². The van der Waals surface area contributed by atoms with Gasteiger partial charge in [-0.3, -0.25) is 14.6 Å². The van der Waals surface area contributed by atoms with E-state index in [1.54, 1.807) is 23.9 Å². The number of nitrogens with one attached hydrogen (secondary N) is 1. The van der Waals surface area contributed by atoms with E-state index >= 15 is 0 Å². The van der Waals surface area contributed by atoms with E-state index in [2.05, 4.69) is 10.3 Å². The Morgan fingerprint density at radius 2 is 2.05 bits per heavy atom. The Hall–Kier alpha value is -1.56. The summed E-state index contributed by atoms with van der Waals surface area (Å²) in [6, 6.07) is 3.26. The fraction of sp³-hybridized carbons (Fsp3) is 0.462. The van der Waals surface area contributed by atoms with Crippen molar-refractivity contribution in [2.45, 2.75) is 31.9 Å². The molecule has 1 heterocycles. The monoisotopic (exact) mass is 282 g/mol. The number of aliphatic carboxylic acids is 1. The summed E-state index contributed by atoms with van der Waals surface area (Å²) in [5.41, 5.74) is 1.04. The summed E-state index contributed by atoms with van der Waals surface area (Å²) >= 11 is 1.56. The molecule has 0 saturated carbocycles. The van der Waals surface area contributed by atoms with Gasteiger partial charge < -0.3 is 10.4 Å². The lowest BCUT2D eigenvalue weighted by molar-refractivity contribution is -0.136. The summed E-state index contributed by atoms with van der Waals surface area (Å²) < 4.78 is 0.0426. The number of aromatic nitrogens is 1. The summed E-state index contributed by atoms with van der Waals surface area (Å²) in [6.07, 6.45) is 1.35. The van der Waals surface area contributed by atoms with Crippen LogP contribution in [-0.2, 0) is 16.0 Å². The van der Waals surface area contributed by atoms with Crippen LogP contribution >= 0.6 is 11.8 Å². The molecule has 0 aliphatic carbocycles. The maximum Gasteiger partial charge on any atom is 0.309 e. The second kappa shape index (κ2) is 6.56. The first kappa shape index (κ1) is 15.5. The van der Waals surface area contributed by atoms with Crippen molar-refractivity contribution in [3.8, 4) is 0 Å². The van der Waals surface area contributed by atoms with Gasteiger partial charge in [0.2, 0.25) is 5.91 Å². The van der Waals surface area contributed by atoms with Gasteiger partial charge in [-0.25, -0.2) is 0 Å². The highest BCUT2D eigenvalue weighted by Gasteiger charge is 2.13. The molecule has 0 aliphatic heterocycles. The van der Waals surface area contributed by atoms with Crippen LogP contribution in [0.2, 0.25) is 0 Å². The molecule has 104 valence electrons. The van der Waals surface area contributed by atoms with Crippen LogP contribution in [0.25, 0.3) is 0 Å². The maximum absolute atomic E-state index is 11.7. The fourth-order valence-electron chi connectivity index (χ4n) is 1.24. The lowest BCUT2D eigenvalue weighted by atomic mass is 10.2. The number of nitrogens with zero attached hydrogens (tertiary/aromatic N) is 1. The van der Waals surface area contributed by atoms with Crippen molar-refractivity contribution in [1.82, 2.24) is 4.98 Å². The van der Waals surface area contributed by atoms with E-state index in [0.29, 0.717) is 17.1 Å². The smallest absolute Gasteiger partial charge is 0.309 e. The Bertz CT molecular complexity index is 452. The molecule has 0 bridgehead atoms. The number of carbonyl (C=O) groups excluding carboxylic acids is 1. The molecule has 2 N–H and O–H groups in total. The second-order valence-electron chi connectivity index (χ2n) is 5.06. The van der Waals surface area contributed by atoms with Crippen LogP contribution in [0.1, 0.15) is 26.5 Å². The van der Waals surface area contributed by atoms with E-state index in [1.807, 2.05) is 20.8 Å². The lowest BCUT2D eigenvalue weighted by Crippen LogP contribution is -2.19. The van der Waals surface area contributed by atoms with Crippen molar-refractivity contribution in [3.05, 3.63) is 24.0 Å². The Labute approximate surface area is 116 Å². The van der Waals surface area contributed by atoms with Crippen molar-refractivity contribution in [3.63, 3.8) is 0 Å². The predicted molar refractivity (Wildman–Crippen MR) is 76.4 cm³/mol. The molecule has 0 spiro atoms. The lowest BCUT2D eigenvalue weighted by Gasteiger charge is -2.16. The van der Waals surface area contributed by atoms with Gasteiger partial charge in [0.1, 0.15) is 0 Å². The number of amides is 1. The highest BCUT2D eigenvalue weighted by molar-refractivity contribution is 8.01. The third-order valence-electron chi connectivity index (χ3n) is 2.08. The summed E-state index contributed by atoms with van der Waals surface area (Å²) in [5.74, 6) is -0.640. The predicted octanol–water partition coefficient (Wildman–Crippen LogP) is 2.18. The van der Waals surface area contributed by atoms with Crippen LogP contribution < -0.4 is 5.32 Å². The van der Waals surface area contributed by atoms with Crippen molar-refractivity contribution >= 4 is 29.3 Å². The average molecular weight is 282 g/mol. The number of carboxylic acids is 1. The molecule has 1 amide bonds. The number of anilines is 1. The molecule has 19 heavy (non-hydrogen) atoms. The number of carbonyl (C=O) groups is 2. The van der Waals surface area contributed by atoms with Crippen molar-refractivity contribution in [2.75, 3.05) is 11.1 Å². The molecule has 1 aromatic rings. The van der Waals surface area contributed by atoms with Gasteiger partial charge in [-0.05, 0) is 12.1 Å². The Kier molecular flexibility index (Phi) is 5.35. The molecule has 0 fully saturated rings. The van der Waals surface area contributed by atoms with E-state index < -0.39 is 5.97 Å². The normalized spacial score (nSPS) is 11.1. The van der Waals surface area contributed by atoms with Crippen LogP contribution in [0.4, 0.5) is 5.69 Å². The zero-order chi connectivity index (χ0) is 14.5. The van der Waals surface area contributed by atoms with Crippen molar-refractivity contribution in [2.24, 2.45) is 0 Å². The first-order valence-corrected chi connectivity index (χ1v) is 6.85. The second-order valence-corrected chi connectivity index (χ2v) is 6.86. The zero-order valence-electron chi connectivity index (χ0n) is 11.3. The van der Waals surface area contributed by atoms with Gasteiger partial charge in [-0.2, -0.15) is 0 Å². The van der Waals surface area contributed by atoms with Gasteiger partial charge in [0.25, 0.3) is 0 Å². The molecule has 1 rings (SSSR count). The minimum atomic E-state index is -0.925. The topological polar surface area (TPSA) is 79.3 Å².